The fourth-order valence-electron chi connectivity index (χ4n) is 2.62. The minimum atomic E-state index is 0.0435. The molecule has 24 heavy (non-hydrogen) atoms. The smallest absolute Gasteiger partial charge is 0.226 e. The zero-order valence-corrected chi connectivity index (χ0v) is 15.5. The highest BCUT2D eigenvalue weighted by atomic mass is 35.5. The van der Waals surface area contributed by atoms with Crippen molar-refractivity contribution in [3.05, 3.63) is 58.1 Å². The molecule has 0 spiro atoms. The van der Waals surface area contributed by atoms with E-state index in [9.17, 15) is 4.79 Å². The second kappa shape index (κ2) is 8.20. The first-order valence-electron chi connectivity index (χ1n) is 8.24. The van der Waals surface area contributed by atoms with E-state index >= 15 is 0 Å². The predicted octanol–water partition coefficient (Wildman–Crippen LogP) is 5.16. The fourth-order valence-corrected chi connectivity index (χ4v) is 2.84. The van der Waals surface area contributed by atoms with Crippen LogP contribution in [0.3, 0.4) is 0 Å². The molecule has 2 rings (SSSR count). The summed E-state index contributed by atoms with van der Waals surface area (Å²) in [4.78, 5) is 13.7. The van der Waals surface area contributed by atoms with E-state index in [2.05, 4.69) is 19.1 Å². The molecule has 2 aromatic carbocycles. The van der Waals surface area contributed by atoms with E-state index < -0.39 is 0 Å². The molecule has 0 unspecified atom stereocenters. The van der Waals surface area contributed by atoms with Crippen LogP contribution in [0.1, 0.15) is 37.0 Å². The Hall–Kier alpha value is -2.00. The van der Waals surface area contributed by atoms with Crippen LogP contribution in [0.2, 0.25) is 5.02 Å². The van der Waals surface area contributed by atoms with Crippen molar-refractivity contribution in [3.63, 3.8) is 0 Å². The second-order valence-electron chi connectivity index (χ2n) is 5.79. The number of amides is 1. The van der Waals surface area contributed by atoms with Gasteiger partial charge in [0.2, 0.25) is 5.91 Å². The van der Waals surface area contributed by atoms with Crippen LogP contribution in [-0.2, 0) is 17.8 Å². The number of nitrogens with zero attached hydrogens (tertiary/aromatic N) is 1. The fraction of sp³-hybridized carbons (Fsp3) is 0.350. The van der Waals surface area contributed by atoms with Crippen LogP contribution in [0.25, 0.3) is 0 Å². The molecule has 0 N–H and O–H groups in total. The van der Waals surface area contributed by atoms with Crippen molar-refractivity contribution in [1.29, 1.82) is 0 Å². The van der Waals surface area contributed by atoms with Gasteiger partial charge in [-0.15, -0.1) is 0 Å². The number of carbonyl (C=O) groups excluding carboxylic acids is 1. The highest BCUT2D eigenvalue weighted by Crippen LogP contribution is 2.29. The summed E-state index contributed by atoms with van der Waals surface area (Å²) in [7, 11) is 1.77. The Bertz CT molecular complexity index is 728. The lowest BCUT2D eigenvalue weighted by molar-refractivity contribution is -0.118. The first-order chi connectivity index (χ1) is 11.5. The number of hydrogen-bond donors (Lipinski definition) is 0. The number of carbonyl (C=O) groups is 1. The van der Waals surface area contributed by atoms with Gasteiger partial charge in [0.1, 0.15) is 12.4 Å². The number of hydrogen-bond acceptors (Lipinski definition) is 2. The zero-order valence-electron chi connectivity index (χ0n) is 14.7. The highest BCUT2D eigenvalue weighted by Gasteiger charge is 2.16. The average Bonchev–Trinajstić information content (AvgIpc) is 2.59. The summed E-state index contributed by atoms with van der Waals surface area (Å²) >= 11 is 6.36. The third-order valence-corrected chi connectivity index (χ3v) is 4.51. The van der Waals surface area contributed by atoms with Crippen molar-refractivity contribution in [3.8, 4) is 5.75 Å². The molecule has 0 aromatic heterocycles. The van der Waals surface area contributed by atoms with Crippen LogP contribution in [0.5, 0.6) is 5.75 Å². The standard InChI is InChI=1S/C20H24ClNO2/c1-5-15-10-11-19(14(3)12-15)24-13-16-17(21)8-7-9-18(16)22(4)20(23)6-2/h7-12H,5-6,13H2,1-4H3. The molecule has 2 aromatic rings. The highest BCUT2D eigenvalue weighted by molar-refractivity contribution is 6.31. The van der Waals surface area contributed by atoms with Gasteiger partial charge in [-0.1, -0.05) is 43.6 Å². The molecular formula is C20H24ClNO2. The molecule has 0 saturated carbocycles. The molecular weight excluding hydrogens is 322 g/mol. The third-order valence-electron chi connectivity index (χ3n) is 4.15. The van der Waals surface area contributed by atoms with Crippen molar-refractivity contribution in [2.75, 3.05) is 11.9 Å². The Labute approximate surface area is 149 Å². The van der Waals surface area contributed by atoms with Crippen LogP contribution in [0.15, 0.2) is 36.4 Å². The first-order valence-corrected chi connectivity index (χ1v) is 8.62. The largest absolute Gasteiger partial charge is 0.488 e. The van der Waals surface area contributed by atoms with Gasteiger partial charge in [0, 0.05) is 24.1 Å². The molecule has 0 bridgehead atoms. The molecule has 0 atom stereocenters. The molecule has 0 fully saturated rings. The number of aryl methyl sites for hydroxylation is 2. The number of ether oxygens (including phenoxy) is 1. The number of anilines is 1. The van der Waals surface area contributed by atoms with E-state index in [0.29, 0.717) is 18.1 Å². The SMILES string of the molecule is CCC(=O)N(C)c1cccc(Cl)c1COc1ccc(CC)cc1C. The molecule has 0 saturated heterocycles. The molecule has 0 aliphatic heterocycles. The summed E-state index contributed by atoms with van der Waals surface area (Å²) in [5, 5.41) is 0.603. The van der Waals surface area contributed by atoms with Crippen LogP contribution in [0, 0.1) is 6.92 Å². The van der Waals surface area contributed by atoms with Gasteiger partial charge in [0.05, 0.1) is 5.69 Å². The van der Waals surface area contributed by atoms with Crippen molar-refractivity contribution < 1.29 is 9.53 Å². The van der Waals surface area contributed by atoms with E-state index in [0.717, 1.165) is 29.0 Å². The van der Waals surface area contributed by atoms with E-state index in [1.165, 1.54) is 5.56 Å². The molecule has 128 valence electrons. The van der Waals surface area contributed by atoms with E-state index in [1.807, 2.05) is 38.1 Å². The first kappa shape index (κ1) is 18.3. The summed E-state index contributed by atoms with van der Waals surface area (Å²) in [6.07, 6.45) is 1.45. The molecule has 0 aliphatic carbocycles. The number of halogens is 1. The maximum Gasteiger partial charge on any atom is 0.226 e. The second-order valence-corrected chi connectivity index (χ2v) is 6.19. The van der Waals surface area contributed by atoms with Crippen molar-refractivity contribution in [1.82, 2.24) is 0 Å². The monoisotopic (exact) mass is 345 g/mol. The maximum absolute atomic E-state index is 12.0. The number of rotatable bonds is 6. The van der Waals surface area contributed by atoms with Gasteiger partial charge in [-0.2, -0.15) is 0 Å². The van der Waals surface area contributed by atoms with Gasteiger partial charge < -0.3 is 9.64 Å². The molecule has 4 heteroatoms. The van der Waals surface area contributed by atoms with Gasteiger partial charge in [-0.25, -0.2) is 0 Å². The minimum absolute atomic E-state index is 0.0435. The molecule has 3 nitrogen and oxygen atoms in total. The number of benzene rings is 2. The van der Waals surface area contributed by atoms with Gasteiger partial charge in [0.25, 0.3) is 0 Å². The molecule has 0 radical (unpaired) electrons. The lowest BCUT2D eigenvalue weighted by Crippen LogP contribution is -2.26. The van der Waals surface area contributed by atoms with Gasteiger partial charge in [-0.05, 0) is 42.7 Å². The van der Waals surface area contributed by atoms with Crippen molar-refractivity contribution in [2.45, 2.75) is 40.2 Å². The Balaban J connectivity index is 2.25. The molecule has 0 aliphatic rings. The third kappa shape index (κ3) is 4.09. The lowest BCUT2D eigenvalue weighted by atomic mass is 10.1. The normalized spacial score (nSPS) is 10.5. The van der Waals surface area contributed by atoms with Crippen LogP contribution in [-0.4, -0.2) is 13.0 Å². The van der Waals surface area contributed by atoms with E-state index in [4.69, 9.17) is 16.3 Å². The van der Waals surface area contributed by atoms with Gasteiger partial charge in [-0.3, -0.25) is 4.79 Å². The zero-order chi connectivity index (χ0) is 17.7. The van der Waals surface area contributed by atoms with Crippen LogP contribution >= 0.6 is 11.6 Å². The lowest BCUT2D eigenvalue weighted by Gasteiger charge is -2.21. The minimum Gasteiger partial charge on any atom is -0.488 e. The predicted molar refractivity (Wildman–Crippen MR) is 100 cm³/mol. The Morgan fingerprint density at radius 3 is 2.58 bits per heavy atom. The summed E-state index contributed by atoms with van der Waals surface area (Å²) in [5.74, 6) is 0.879. The van der Waals surface area contributed by atoms with Crippen molar-refractivity contribution >= 4 is 23.2 Å². The van der Waals surface area contributed by atoms with Gasteiger partial charge >= 0.3 is 0 Å². The van der Waals surface area contributed by atoms with E-state index in [1.54, 1.807) is 11.9 Å². The topological polar surface area (TPSA) is 29.5 Å². The molecule has 1 amide bonds. The van der Waals surface area contributed by atoms with Crippen LogP contribution < -0.4 is 9.64 Å². The summed E-state index contributed by atoms with van der Waals surface area (Å²) in [6.45, 7) is 6.33. The van der Waals surface area contributed by atoms with E-state index in [-0.39, 0.29) is 5.91 Å². The Morgan fingerprint density at radius 2 is 1.96 bits per heavy atom. The van der Waals surface area contributed by atoms with Crippen molar-refractivity contribution in [2.24, 2.45) is 0 Å². The Kier molecular flexibility index (Phi) is 6.27. The van der Waals surface area contributed by atoms with Gasteiger partial charge in [0.15, 0.2) is 0 Å². The average molecular weight is 346 g/mol. The summed E-state index contributed by atoms with van der Waals surface area (Å²) < 4.78 is 5.98. The quantitative estimate of drug-likeness (QED) is 0.723. The summed E-state index contributed by atoms with van der Waals surface area (Å²) in [6, 6.07) is 11.8. The summed E-state index contributed by atoms with van der Waals surface area (Å²) in [5.41, 5.74) is 3.99. The van der Waals surface area contributed by atoms with Crippen LogP contribution in [0.4, 0.5) is 5.69 Å². The Morgan fingerprint density at radius 1 is 1.21 bits per heavy atom. The molecule has 0 heterocycles. The maximum atomic E-state index is 12.0.